The van der Waals surface area contributed by atoms with Gasteiger partial charge in [0.05, 0.1) is 17.4 Å². The molecular weight excluding hydrogens is 237 g/mol. The van der Waals surface area contributed by atoms with Crippen molar-refractivity contribution in [3.63, 3.8) is 0 Å². The van der Waals surface area contributed by atoms with Crippen LogP contribution in [0.25, 0.3) is 0 Å². The van der Waals surface area contributed by atoms with Gasteiger partial charge in [-0.2, -0.15) is 13.2 Å². The summed E-state index contributed by atoms with van der Waals surface area (Å²) in [5.74, 6) is -1.03. The van der Waals surface area contributed by atoms with Gasteiger partial charge in [-0.25, -0.2) is 4.98 Å². The molecule has 0 spiro atoms. The van der Waals surface area contributed by atoms with Crippen molar-refractivity contribution in [3.8, 4) is 0 Å². The van der Waals surface area contributed by atoms with Crippen LogP contribution >= 0.6 is 0 Å². The van der Waals surface area contributed by atoms with Crippen LogP contribution < -0.4 is 16.4 Å². The van der Waals surface area contributed by atoms with Crippen LogP contribution in [0, 0.1) is 0 Å². The molecule has 0 aromatic carbocycles. The molecule has 94 valence electrons. The second-order valence-corrected chi connectivity index (χ2v) is 3.48. The van der Waals surface area contributed by atoms with E-state index in [2.05, 4.69) is 4.98 Å². The first-order chi connectivity index (χ1) is 7.70. The number of aromatic nitrogens is 1. The van der Waals surface area contributed by atoms with Crippen molar-refractivity contribution in [1.29, 1.82) is 0 Å². The van der Waals surface area contributed by atoms with E-state index in [9.17, 15) is 18.0 Å². The first-order valence-corrected chi connectivity index (χ1v) is 4.54. The number of anilines is 2. The van der Waals surface area contributed by atoms with Crippen LogP contribution in [0.5, 0.6) is 0 Å². The van der Waals surface area contributed by atoms with Gasteiger partial charge in [0, 0.05) is 7.05 Å². The molecule has 0 atom stereocenters. The van der Waals surface area contributed by atoms with Crippen molar-refractivity contribution in [1.82, 2.24) is 4.98 Å². The lowest BCUT2D eigenvalue weighted by atomic mass is 10.2. The molecule has 1 heterocycles. The molecule has 0 aliphatic heterocycles. The Morgan fingerprint density at radius 2 is 2.12 bits per heavy atom. The molecule has 0 aliphatic rings. The van der Waals surface area contributed by atoms with Gasteiger partial charge >= 0.3 is 6.18 Å². The van der Waals surface area contributed by atoms with Crippen LogP contribution in [0.3, 0.4) is 0 Å². The number of halogens is 3. The Labute approximate surface area is 95.2 Å². The minimum absolute atomic E-state index is 0.142. The van der Waals surface area contributed by atoms with Gasteiger partial charge in [-0.1, -0.05) is 0 Å². The molecule has 4 N–H and O–H groups in total. The van der Waals surface area contributed by atoms with Crippen LogP contribution in [-0.4, -0.2) is 30.7 Å². The fourth-order valence-corrected chi connectivity index (χ4v) is 1.30. The Balaban J connectivity index is 3.09. The van der Waals surface area contributed by atoms with E-state index >= 15 is 0 Å². The molecule has 0 saturated heterocycles. The maximum atomic E-state index is 12.2. The topological polar surface area (TPSA) is 85.2 Å². The monoisotopic (exact) mass is 248 g/mol. The Morgan fingerprint density at radius 1 is 1.53 bits per heavy atom. The predicted octanol–water partition coefficient (Wildman–Crippen LogP) is 0.761. The molecule has 0 radical (unpaired) electrons. The number of carbonyl (C=O) groups is 1. The second kappa shape index (κ2) is 4.48. The zero-order chi connectivity index (χ0) is 13.2. The number of amides is 1. The van der Waals surface area contributed by atoms with Crippen LogP contribution in [0.15, 0.2) is 12.3 Å². The standard InChI is InChI=1S/C9H11F3N4O/c1-16(4-9(10,11)12)8-6(7(14)17)2-5(13)3-15-8/h2-3H,4,13H2,1H3,(H2,14,17). The summed E-state index contributed by atoms with van der Waals surface area (Å²) >= 11 is 0. The number of pyridine rings is 1. The summed E-state index contributed by atoms with van der Waals surface area (Å²) in [5, 5.41) is 0. The van der Waals surface area contributed by atoms with E-state index in [0.29, 0.717) is 0 Å². The highest BCUT2D eigenvalue weighted by Crippen LogP contribution is 2.23. The number of primary amides is 1. The third kappa shape index (κ3) is 3.51. The van der Waals surface area contributed by atoms with Crippen molar-refractivity contribution in [2.75, 3.05) is 24.2 Å². The van der Waals surface area contributed by atoms with Crippen LogP contribution in [-0.2, 0) is 0 Å². The number of nitrogens with two attached hydrogens (primary N) is 2. The Kier molecular flexibility index (Phi) is 3.45. The van der Waals surface area contributed by atoms with Crippen molar-refractivity contribution >= 4 is 17.4 Å². The van der Waals surface area contributed by atoms with Gasteiger partial charge in [-0.05, 0) is 6.07 Å². The number of alkyl halides is 3. The highest BCUT2D eigenvalue weighted by atomic mass is 19.4. The van der Waals surface area contributed by atoms with Crippen LogP contribution in [0.1, 0.15) is 10.4 Å². The molecule has 1 rings (SSSR count). The highest BCUT2D eigenvalue weighted by molar-refractivity contribution is 5.98. The minimum atomic E-state index is -4.40. The fourth-order valence-electron chi connectivity index (χ4n) is 1.30. The van der Waals surface area contributed by atoms with Crippen molar-refractivity contribution in [2.24, 2.45) is 5.73 Å². The Bertz CT molecular complexity index is 433. The van der Waals surface area contributed by atoms with E-state index in [4.69, 9.17) is 11.5 Å². The molecule has 17 heavy (non-hydrogen) atoms. The van der Waals surface area contributed by atoms with Gasteiger partial charge in [0.25, 0.3) is 5.91 Å². The molecule has 1 aromatic rings. The van der Waals surface area contributed by atoms with E-state index in [1.54, 1.807) is 0 Å². The number of hydrogen-bond donors (Lipinski definition) is 2. The van der Waals surface area contributed by atoms with Crippen molar-refractivity contribution in [3.05, 3.63) is 17.8 Å². The molecule has 8 heteroatoms. The third-order valence-corrected chi connectivity index (χ3v) is 1.93. The maximum Gasteiger partial charge on any atom is 0.405 e. The smallest absolute Gasteiger partial charge is 0.397 e. The van der Waals surface area contributed by atoms with Crippen molar-refractivity contribution < 1.29 is 18.0 Å². The quantitative estimate of drug-likeness (QED) is 0.827. The molecule has 1 amide bonds. The van der Waals surface area contributed by atoms with Gasteiger partial charge in [-0.15, -0.1) is 0 Å². The highest BCUT2D eigenvalue weighted by Gasteiger charge is 2.31. The summed E-state index contributed by atoms with van der Waals surface area (Å²) in [4.78, 5) is 15.5. The first kappa shape index (κ1) is 13.1. The predicted molar refractivity (Wildman–Crippen MR) is 56.5 cm³/mol. The molecule has 0 aliphatic carbocycles. The maximum absolute atomic E-state index is 12.2. The summed E-state index contributed by atoms with van der Waals surface area (Å²) in [6.45, 7) is -1.23. The van der Waals surface area contributed by atoms with Gasteiger partial charge in [0.1, 0.15) is 12.4 Å². The van der Waals surface area contributed by atoms with Crippen molar-refractivity contribution in [2.45, 2.75) is 6.18 Å². The summed E-state index contributed by atoms with van der Waals surface area (Å²) in [6.07, 6.45) is -3.23. The second-order valence-electron chi connectivity index (χ2n) is 3.48. The SMILES string of the molecule is CN(CC(F)(F)F)c1ncc(N)cc1C(N)=O. The summed E-state index contributed by atoms with van der Waals surface area (Å²) in [7, 11) is 1.17. The third-order valence-electron chi connectivity index (χ3n) is 1.93. The van der Waals surface area contributed by atoms with E-state index in [-0.39, 0.29) is 17.1 Å². The zero-order valence-corrected chi connectivity index (χ0v) is 8.95. The molecule has 0 saturated carbocycles. The van der Waals surface area contributed by atoms with Crippen LogP contribution in [0.2, 0.25) is 0 Å². The Morgan fingerprint density at radius 3 is 2.59 bits per heavy atom. The fraction of sp³-hybridized carbons (Fsp3) is 0.333. The average Bonchev–Trinajstić information content (AvgIpc) is 2.14. The Hall–Kier alpha value is -1.99. The van der Waals surface area contributed by atoms with Crippen LogP contribution in [0.4, 0.5) is 24.7 Å². The number of nitrogens with zero attached hydrogens (tertiary/aromatic N) is 2. The van der Waals surface area contributed by atoms with Gasteiger partial charge in [0.2, 0.25) is 0 Å². The van der Waals surface area contributed by atoms with E-state index in [1.807, 2.05) is 0 Å². The molecule has 1 aromatic heterocycles. The van der Waals surface area contributed by atoms with E-state index in [1.165, 1.54) is 13.1 Å². The molecular formula is C9H11F3N4O. The number of hydrogen-bond acceptors (Lipinski definition) is 4. The molecule has 0 fully saturated rings. The largest absolute Gasteiger partial charge is 0.405 e. The van der Waals surface area contributed by atoms with Gasteiger partial charge in [-0.3, -0.25) is 4.79 Å². The lowest BCUT2D eigenvalue weighted by Crippen LogP contribution is -2.33. The summed E-state index contributed by atoms with van der Waals surface area (Å²) in [6, 6.07) is 1.19. The normalized spacial score (nSPS) is 11.3. The number of nitrogen functional groups attached to an aromatic ring is 1. The zero-order valence-electron chi connectivity index (χ0n) is 8.95. The molecule has 0 unspecified atom stereocenters. The summed E-state index contributed by atoms with van der Waals surface area (Å²) < 4.78 is 36.6. The lowest BCUT2D eigenvalue weighted by Gasteiger charge is -2.21. The lowest BCUT2D eigenvalue weighted by molar-refractivity contribution is -0.119. The molecule has 0 bridgehead atoms. The number of rotatable bonds is 3. The average molecular weight is 248 g/mol. The van der Waals surface area contributed by atoms with Gasteiger partial charge in [0.15, 0.2) is 0 Å². The molecule has 5 nitrogen and oxygen atoms in total. The van der Waals surface area contributed by atoms with Gasteiger partial charge < -0.3 is 16.4 Å². The van der Waals surface area contributed by atoms with E-state index in [0.717, 1.165) is 11.1 Å². The van der Waals surface area contributed by atoms with E-state index < -0.39 is 18.6 Å². The summed E-state index contributed by atoms with van der Waals surface area (Å²) in [5.41, 5.74) is 10.4. The number of carbonyl (C=O) groups excluding carboxylic acids is 1. The minimum Gasteiger partial charge on any atom is -0.397 e. The first-order valence-electron chi connectivity index (χ1n) is 4.54.